The molecular formula is C31H28Cl2N6O. The van der Waals surface area contributed by atoms with Crippen molar-refractivity contribution in [1.82, 2.24) is 14.9 Å². The zero-order valence-electron chi connectivity index (χ0n) is 22.1. The summed E-state index contributed by atoms with van der Waals surface area (Å²) < 4.78 is 0. The van der Waals surface area contributed by atoms with E-state index in [1.807, 2.05) is 80.8 Å². The molecule has 0 saturated heterocycles. The third-order valence-corrected chi connectivity index (χ3v) is 7.17. The van der Waals surface area contributed by atoms with Crippen LogP contribution < -0.4 is 16.4 Å². The molecule has 5 aromatic rings. The third-order valence-electron chi connectivity index (χ3n) is 6.35. The highest BCUT2D eigenvalue weighted by atomic mass is 35.5. The summed E-state index contributed by atoms with van der Waals surface area (Å²) in [6.45, 7) is 1.09. The van der Waals surface area contributed by atoms with Gasteiger partial charge in [0, 0.05) is 41.0 Å². The molecule has 1 aromatic heterocycles. The lowest BCUT2D eigenvalue weighted by Crippen LogP contribution is -2.16. The van der Waals surface area contributed by atoms with E-state index >= 15 is 0 Å². The van der Waals surface area contributed by atoms with Gasteiger partial charge in [0.05, 0.1) is 21.3 Å². The molecule has 202 valence electrons. The number of amides is 1. The highest BCUT2D eigenvalue weighted by Crippen LogP contribution is 2.36. The zero-order valence-corrected chi connectivity index (χ0v) is 23.6. The number of halogens is 2. The molecule has 4 aromatic carbocycles. The molecule has 0 saturated carbocycles. The van der Waals surface area contributed by atoms with Crippen LogP contribution in [0.3, 0.4) is 0 Å². The minimum absolute atomic E-state index is 0.219. The van der Waals surface area contributed by atoms with Gasteiger partial charge in [-0.1, -0.05) is 65.7 Å². The Kier molecular flexibility index (Phi) is 8.28. The molecule has 9 heteroatoms. The number of nitrogens with two attached hydrogens (primary N) is 1. The highest BCUT2D eigenvalue weighted by molar-refractivity contribution is 6.43. The number of aromatic nitrogens is 2. The number of hydrogen-bond donors (Lipinski definition) is 3. The SMILES string of the molecule is CN(C)Cc1ccc(CN)c(NC(=O)c2ccc(Nc3nc(-c4cccc(Cl)c4Cl)c4ccccc4n3)cc2)c1. The van der Waals surface area contributed by atoms with Crippen LogP contribution in [0.15, 0.2) is 84.9 Å². The van der Waals surface area contributed by atoms with Crippen molar-refractivity contribution in [2.45, 2.75) is 13.1 Å². The van der Waals surface area contributed by atoms with Crippen molar-refractivity contribution in [2.75, 3.05) is 24.7 Å². The van der Waals surface area contributed by atoms with Crippen LogP contribution in [-0.4, -0.2) is 34.9 Å². The molecule has 0 spiro atoms. The topological polar surface area (TPSA) is 96.2 Å². The number of rotatable bonds is 8. The van der Waals surface area contributed by atoms with Gasteiger partial charge in [0.1, 0.15) is 0 Å². The fourth-order valence-electron chi connectivity index (χ4n) is 4.43. The number of fused-ring (bicyclic) bond motifs is 1. The Bertz CT molecular complexity index is 1690. The molecule has 1 heterocycles. The fourth-order valence-corrected chi connectivity index (χ4v) is 4.82. The average molecular weight is 572 g/mol. The van der Waals surface area contributed by atoms with Gasteiger partial charge < -0.3 is 21.3 Å². The Hall–Kier alpha value is -4.01. The third kappa shape index (κ3) is 6.08. The molecular weight excluding hydrogens is 543 g/mol. The molecule has 0 radical (unpaired) electrons. The normalized spacial score (nSPS) is 11.2. The van der Waals surface area contributed by atoms with E-state index in [1.165, 1.54) is 0 Å². The van der Waals surface area contributed by atoms with Crippen LogP contribution in [0.2, 0.25) is 10.0 Å². The predicted octanol–water partition coefficient (Wildman–Crippen LogP) is 7.12. The molecule has 0 fully saturated rings. The lowest BCUT2D eigenvalue weighted by atomic mass is 10.1. The number of para-hydroxylation sites is 1. The second-order valence-corrected chi connectivity index (χ2v) is 10.4. The Labute approximate surface area is 243 Å². The number of nitrogens with zero attached hydrogens (tertiary/aromatic N) is 3. The fraction of sp³-hybridized carbons (Fsp3) is 0.129. The van der Waals surface area contributed by atoms with Gasteiger partial charge >= 0.3 is 0 Å². The van der Waals surface area contributed by atoms with Gasteiger partial charge in [-0.2, -0.15) is 0 Å². The van der Waals surface area contributed by atoms with E-state index in [2.05, 4.69) is 20.5 Å². The monoisotopic (exact) mass is 570 g/mol. The summed E-state index contributed by atoms with van der Waals surface area (Å²) in [5, 5.41) is 8.00. The summed E-state index contributed by atoms with van der Waals surface area (Å²) in [7, 11) is 4.00. The number of benzene rings is 4. The maximum atomic E-state index is 13.1. The van der Waals surface area contributed by atoms with Gasteiger partial charge in [-0.3, -0.25) is 4.79 Å². The second kappa shape index (κ2) is 12.0. The maximum Gasteiger partial charge on any atom is 0.255 e. The molecule has 4 N–H and O–H groups in total. The molecule has 0 aliphatic rings. The van der Waals surface area contributed by atoms with Gasteiger partial charge in [-0.15, -0.1) is 0 Å². The molecule has 0 atom stereocenters. The zero-order chi connectivity index (χ0) is 28.2. The Morgan fingerprint density at radius 3 is 2.45 bits per heavy atom. The van der Waals surface area contributed by atoms with Gasteiger partial charge in [0.15, 0.2) is 0 Å². The summed E-state index contributed by atoms with van der Waals surface area (Å²) in [5.41, 5.74) is 12.0. The van der Waals surface area contributed by atoms with E-state index in [9.17, 15) is 4.79 Å². The lowest BCUT2D eigenvalue weighted by molar-refractivity contribution is 0.102. The van der Waals surface area contributed by atoms with Crippen LogP contribution in [0, 0.1) is 0 Å². The first kappa shape index (κ1) is 27.6. The van der Waals surface area contributed by atoms with Crippen molar-refractivity contribution in [1.29, 1.82) is 0 Å². The van der Waals surface area contributed by atoms with E-state index in [0.717, 1.165) is 34.3 Å². The van der Waals surface area contributed by atoms with Gasteiger partial charge in [-0.05, 0) is 67.7 Å². The van der Waals surface area contributed by atoms with Gasteiger partial charge in [0.2, 0.25) is 5.95 Å². The number of anilines is 3. The second-order valence-electron chi connectivity index (χ2n) is 9.60. The number of carbonyl (C=O) groups is 1. The summed E-state index contributed by atoms with van der Waals surface area (Å²) in [6.07, 6.45) is 0. The molecule has 0 unspecified atom stereocenters. The first-order valence-electron chi connectivity index (χ1n) is 12.7. The molecule has 40 heavy (non-hydrogen) atoms. The van der Waals surface area contributed by atoms with E-state index in [0.29, 0.717) is 45.0 Å². The van der Waals surface area contributed by atoms with Crippen molar-refractivity contribution in [2.24, 2.45) is 5.73 Å². The number of hydrogen-bond acceptors (Lipinski definition) is 6. The van der Waals surface area contributed by atoms with E-state index < -0.39 is 0 Å². The van der Waals surface area contributed by atoms with Crippen LogP contribution in [0.4, 0.5) is 17.3 Å². The summed E-state index contributed by atoms with van der Waals surface area (Å²) in [4.78, 5) is 24.6. The smallest absolute Gasteiger partial charge is 0.255 e. The molecule has 1 amide bonds. The van der Waals surface area contributed by atoms with E-state index in [-0.39, 0.29) is 5.91 Å². The molecule has 7 nitrogen and oxygen atoms in total. The summed E-state index contributed by atoms with van der Waals surface area (Å²) in [6, 6.07) is 26.2. The Morgan fingerprint density at radius 1 is 0.925 bits per heavy atom. The standard InChI is InChI=1S/C31H28Cl2N6O/c1-39(2)18-19-10-11-21(17-34)27(16-19)36-30(40)20-12-14-22(15-13-20)35-31-37-26-9-4-3-6-23(26)29(38-31)24-7-5-8-25(32)28(24)33/h3-16H,17-18,34H2,1-2H3,(H,36,40)(H,35,37,38). The van der Waals surface area contributed by atoms with Crippen molar-refractivity contribution >= 4 is 57.3 Å². The van der Waals surface area contributed by atoms with Crippen LogP contribution >= 0.6 is 23.2 Å². The quantitative estimate of drug-likeness (QED) is 0.184. The van der Waals surface area contributed by atoms with Crippen molar-refractivity contribution in [3.05, 3.63) is 112 Å². The Morgan fingerprint density at radius 2 is 1.70 bits per heavy atom. The van der Waals surface area contributed by atoms with Crippen molar-refractivity contribution < 1.29 is 4.79 Å². The van der Waals surface area contributed by atoms with Crippen molar-refractivity contribution in [3.63, 3.8) is 0 Å². The van der Waals surface area contributed by atoms with Gasteiger partial charge in [-0.25, -0.2) is 9.97 Å². The van der Waals surface area contributed by atoms with Crippen molar-refractivity contribution in [3.8, 4) is 11.3 Å². The van der Waals surface area contributed by atoms with Crippen LogP contribution in [0.25, 0.3) is 22.2 Å². The Balaban J connectivity index is 1.39. The number of carbonyl (C=O) groups excluding carboxylic acids is 1. The summed E-state index contributed by atoms with van der Waals surface area (Å²) in [5.74, 6) is 0.176. The van der Waals surface area contributed by atoms with E-state index in [1.54, 1.807) is 18.2 Å². The van der Waals surface area contributed by atoms with Gasteiger partial charge in [0.25, 0.3) is 5.91 Å². The van der Waals surface area contributed by atoms with Crippen LogP contribution in [-0.2, 0) is 13.1 Å². The average Bonchev–Trinajstić information content (AvgIpc) is 2.94. The predicted molar refractivity (Wildman–Crippen MR) is 164 cm³/mol. The lowest BCUT2D eigenvalue weighted by Gasteiger charge is -2.15. The number of nitrogens with one attached hydrogen (secondary N) is 2. The summed E-state index contributed by atoms with van der Waals surface area (Å²) >= 11 is 12.8. The minimum Gasteiger partial charge on any atom is -0.326 e. The molecule has 0 aliphatic carbocycles. The van der Waals surface area contributed by atoms with E-state index in [4.69, 9.17) is 33.9 Å². The molecule has 0 bridgehead atoms. The highest BCUT2D eigenvalue weighted by Gasteiger charge is 2.15. The molecule has 0 aliphatic heterocycles. The first-order chi connectivity index (χ1) is 19.3. The largest absolute Gasteiger partial charge is 0.326 e. The first-order valence-corrected chi connectivity index (χ1v) is 13.4. The molecule has 5 rings (SSSR count). The minimum atomic E-state index is -0.219. The van der Waals surface area contributed by atoms with Crippen LogP contribution in [0.1, 0.15) is 21.5 Å². The van der Waals surface area contributed by atoms with Crippen LogP contribution in [0.5, 0.6) is 0 Å². The maximum absolute atomic E-state index is 13.1.